The maximum atomic E-state index is 13.3. The molecule has 19 nitrogen and oxygen atoms in total. The number of hydrogen-bond donors (Lipinski definition) is 12. The zero-order valence-electron chi connectivity index (χ0n) is 46.2. The normalized spacial score (nSPS) is 31.1. The van der Waals surface area contributed by atoms with Crippen molar-refractivity contribution in [2.45, 2.75) is 304 Å². The molecule has 12 N–H and O–H groups in total. The number of amides is 1. The van der Waals surface area contributed by atoms with Crippen molar-refractivity contribution in [2.24, 2.45) is 0 Å². The van der Waals surface area contributed by atoms with E-state index in [1.807, 2.05) is 6.08 Å². The van der Waals surface area contributed by atoms with Gasteiger partial charge in [0, 0.05) is 6.42 Å². The molecule has 3 fully saturated rings. The van der Waals surface area contributed by atoms with Gasteiger partial charge in [-0.1, -0.05) is 186 Å². The van der Waals surface area contributed by atoms with Crippen LogP contribution in [0, 0.1) is 0 Å². The highest BCUT2D eigenvalue weighted by atomic mass is 16.8. The summed E-state index contributed by atoms with van der Waals surface area (Å²) in [6.07, 6.45) is 14.5. The lowest BCUT2D eigenvalue weighted by Crippen LogP contribution is -2.66. The van der Waals surface area contributed by atoms with Crippen molar-refractivity contribution in [3.63, 3.8) is 0 Å². The first-order valence-electron chi connectivity index (χ1n) is 29.6. The van der Waals surface area contributed by atoms with E-state index >= 15 is 0 Å². The van der Waals surface area contributed by atoms with Crippen LogP contribution in [-0.4, -0.2) is 193 Å². The third-order valence-corrected chi connectivity index (χ3v) is 15.0. The first-order chi connectivity index (χ1) is 36.8. The first kappa shape index (κ1) is 68.5. The topological polar surface area (TPSA) is 307 Å². The molecule has 3 aliphatic heterocycles. The fraction of sp³-hybridized carbons (Fsp3) is 0.912. The highest BCUT2D eigenvalue weighted by Crippen LogP contribution is 2.33. The van der Waals surface area contributed by atoms with Crippen LogP contribution in [0.25, 0.3) is 0 Å². The van der Waals surface area contributed by atoms with Crippen LogP contribution in [0.4, 0.5) is 0 Å². The largest absolute Gasteiger partial charge is 0.394 e. The van der Waals surface area contributed by atoms with E-state index in [1.54, 1.807) is 6.08 Å². The first-order valence-corrected chi connectivity index (χ1v) is 29.6. The second-order valence-electron chi connectivity index (χ2n) is 21.5. The molecule has 3 rings (SSSR count). The third-order valence-electron chi connectivity index (χ3n) is 15.0. The average Bonchev–Trinajstić information content (AvgIpc) is 3.42. The van der Waals surface area contributed by atoms with E-state index in [0.29, 0.717) is 12.8 Å². The van der Waals surface area contributed by atoms with Crippen LogP contribution in [0.15, 0.2) is 24.3 Å². The Morgan fingerprint density at radius 2 is 0.842 bits per heavy atom. The molecular weight excluding hydrogens is 987 g/mol. The fourth-order valence-electron chi connectivity index (χ4n) is 10.1. The molecule has 0 aromatic heterocycles. The van der Waals surface area contributed by atoms with Gasteiger partial charge < -0.3 is 89.9 Å². The molecule has 19 heteroatoms. The summed E-state index contributed by atoms with van der Waals surface area (Å²) in [4.78, 5) is 13.3. The minimum atomic E-state index is -1.98. The number of nitrogens with one attached hydrogen (secondary N) is 1. The van der Waals surface area contributed by atoms with Crippen LogP contribution in [0.3, 0.4) is 0 Å². The van der Waals surface area contributed by atoms with Gasteiger partial charge >= 0.3 is 0 Å². The van der Waals surface area contributed by atoms with Crippen molar-refractivity contribution >= 4 is 5.91 Å². The molecule has 0 radical (unpaired) electrons. The van der Waals surface area contributed by atoms with Gasteiger partial charge in [0.25, 0.3) is 0 Å². The van der Waals surface area contributed by atoms with Gasteiger partial charge in [0.2, 0.25) is 5.91 Å². The second-order valence-corrected chi connectivity index (χ2v) is 21.5. The predicted molar refractivity (Wildman–Crippen MR) is 286 cm³/mol. The van der Waals surface area contributed by atoms with E-state index < -0.39 is 124 Å². The van der Waals surface area contributed by atoms with Gasteiger partial charge in [0.05, 0.1) is 38.6 Å². The Hall–Kier alpha value is -1.73. The van der Waals surface area contributed by atoms with E-state index in [1.165, 1.54) is 128 Å². The highest BCUT2D eigenvalue weighted by Gasteiger charge is 2.53. The number of unbranched alkanes of at least 4 members (excludes halogenated alkanes) is 25. The molecule has 76 heavy (non-hydrogen) atoms. The Morgan fingerprint density at radius 1 is 0.461 bits per heavy atom. The van der Waals surface area contributed by atoms with Crippen molar-refractivity contribution in [1.29, 1.82) is 0 Å². The van der Waals surface area contributed by atoms with Gasteiger partial charge in [-0.15, -0.1) is 0 Å². The van der Waals surface area contributed by atoms with Crippen LogP contribution in [0.1, 0.15) is 200 Å². The molecule has 0 saturated carbocycles. The standard InChI is InChI=1S/C57H105NO18/c1-3-5-7-9-11-13-15-17-19-20-21-23-25-27-29-31-33-35-45(63)58-40(41(62)34-32-30-28-26-24-22-18-16-14-12-10-8-6-4-2)39-71-55-51(69)48(66)53(43(37-60)73-55)76-57-52(70)49(67)54(44(38-61)74-57)75-56-50(68)47(65)46(64)42(36-59)72-56/h24,26,32,34,40-44,46-57,59-62,64-70H,3-23,25,27-31,33,35-39H2,1-2H3,(H,58,63)/b26-24+,34-32+. The number of aliphatic hydroxyl groups excluding tert-OH is 11. The number of hydrogen-bond acceptors (Lipinski definition) is 18. The molecule has 3 aliphatic rings. The molecule has 0 bridgehead atoms. The van der Waals surface area contributed by atoms with Crippen molar-refractivity contribution in [1.82, 2.24) is 5.32 Å². The van der Waals surface area contributed by atoms with Gasteiger partial charge in [0.15, 0.2) is 18.9 Å². The molecule has 0 aliphatic carbocycles. The zero-order chi connectivity index (χ0) is 55.5. The summed E-state index contributed by atoms with van der Waals surface area (Å²) in [7, 11) is 0. The molecule has 17 atom stereocenters. The van der Waals surface area contributed by atoms with E-state index in [0.717, 1.165) is 38.5 Å². The van der Waals surface area contributed by atoms with Gasteiger partial charge in [-0.2, -0.15) is 0 Å². The van der Waals surface area contributed by atoms with Crippen molar-refractivity contribution in [3.8, 4) is 0 Å². The fourth-order valence-corrected chi connectivity index (χ4v) is 10.1. The average molecular weight is 1090 g/mol. The molecule has 0 spiro atoms. The van der Waals surface area contributed by atoms with Crippen LogP contribution >= 0.6 is 0 Å². The third kappa shape index (κ3) is 25.4. The summed E-state index contributed by atoms with van der Waals surface area (Å²) >= 11 is 0. The quantitative estimate of drug-likeness (QED) is 0.0289. The molecule has 3 saturated heterocycles. The predicted octanol–water partition coefficient (Wildman–Crippen LogP) is 4.76. The minimum absolute atomic E-state index is 0.240. The summed E-state index contributed by atoms with van der Waals surface area (Å²) in [6, 6.07) is -0.984. The minimum Gasteiger partial charge on any atom is -0.394 e. The number of allylic oxidation sites excluding steroid dienone is 3. The van der Waals surface area contributed by atoms with Crippen molar-refractivity contribution in [3.05, 3.63) is 24.3 Å². The molecule has 446 valence electrons. The van der Waals surface area contributed by atoms with E-state index in [-0.39, 0.29) is 18.9 Å². The number of ether oxygens (including phenoxy) is 6. The van der Waals surface area contributed by atoms with Crippen LogP contribution in [-0.2, 0) is 33.2 Å². The van der Waals surface area contributed by atoms with Gasteiger partial charge in [0.1, 0.15) is 73.2 Å². The number of rotatable bonds is 43. The van der Waals surface area contributed by atoms with Crippen LogP contribution in [0.5, 0.6) is 0 Å². The molecule has 0 aromatic carbocycles. The van der Waals surface area contributed by atoms with E-state index in [2.05, 4.69) is 31.3 Å². The number of carbonyl (C=O) groups is 1. The SMILES string of the molecule is CCCCCCCCCC/C=C/CC/C=C/C(O)C(COC1OC(CO)C(OC2OC(CO)C(OC3OC(CO)C(O)C(O)C3O)C(O)C2O)C(O)C1O)NC(=O)CCCCCCCCCCCCCCCCCCC. The summed E-state index contributed by atoms with van der Waals surface area (Å²) in [6.45, 7) is 1.69. The molecule has 0 aromatic rings. The smallest absolute Gasteiger partial charge is 0.220 e. The van der Waals surface area contributed by atoms with Crippen molar-refractivity contribution < 1.29 is 89.4 Å². The monoisotopic (exact) mass is 1090 g/mol. The Kier molecular flexibility index (Phi) is 37.2. The van der Waals surface area contributed by atoms with Gasteiger partial charge in [-0.25, -0.2) is 0 Å². The lowest BCUT2D eigenvalue weighted by Gasteiger charge is -2.48. The Bertz CT molecular complexity index is 1490. The number of carbonyl (C=O) groups excluding carboxylic acids is 1. The lowest BCUT2D eigenvalue weighted by molar-refractivity contribution is -0.379. The van der Waals surface area contributed by atoms with Crippen molar-refractivity contribution in [2.75, 3.05) is 26.4 Å². The van der Waals surface area contributed by atoms with Crippen LogP contribution in [0.2, 0.25) is 0 Å². The van der Waals surface area contributed by atoms with E-state index in [4.69, 9.17) is 28.4 Å². The summed E-state index contributed by atoms with van der Waals surface area (Å²) in [5.74, 6) is -0.284. The molecule has 3 heterocycles. The van der Waals surface area contributed by atoms with Crippen LogP contribution < -0.4 is 5.32 Å². The van der Waals surface area contributed by atoms with Gasteiger partial charge in [-0.05, 0) is 32.1 Å². The molecule has 17 unspecified atom stereocenters. The summed E-state index contributed by atoms with van der Waals surface area (Å²) in [5.41, 5.74) is 0. The zero-order valence-corrected chi connectivity index (χ0v) is 46.2. The summed E-state index contributed by atoms with van der Waals surface area (Å²) in [5, 5.41) is 120. The Labute approximate surface area is 454 Å². The Morgan fingerprint density at radius 3 is 1.32 bits per heavy atom. The Balaban J connectivity index is 1.52. The molecule has 1 amide bonds. The number of aliphatic hydroxyl groups is 11. The maximum Gasteiger partial charge on any atom is 0.220 e. The molecular formula is C57H105NO18. The summed E-state index contributed by atoms with van der Waals surface area (Å²) < 4.78 is 34.2. The van der Waals surface area contributed by atoms with Gasteiger partial charge in [-0.3, -0.25) is 4.79 Å². The lowest BCUT2D eigenvalue weighted by atomic mass is 9.96. The highest BCUT2D eigenvalue weighted by molar-refractivity contribution is 5.76. The second kappa shape index (κ2) is 41.3. The maximum absolute atomic E-state index is 13.3. The van der Waals surface area contributed by atoms with E-state index in [9.17, 15) is 61.0 Å².